The topological polar surface area (TPSA) is 186 Å². The van der Waals surface area contributed by atoms with Crippen LogP contribution in [0.5, 0.6) is 5.88 Å². The molecular formula is C52H66N8O7S. The van der Waals surface area contributed by atoms with Crippen LogP contribution in [0.3, 0.4) is 0 Å². The Morgan fingerprint density at radius 3 is 2.57 bits per heavy atom. The zero-order valence-electron chi connectivity index (χ0n) is 39.7. The number of nitrogens with one attached hydrogen (secondary N) is 3. The molecule has 0 radical (unpaired) electrons. The summed E-state index contributed by atoms with van der Waals surface area (Å²) in [6, 6.07) is 23.1. The van der Waals surface area contributed by atoms with Crippen LogP contribution in [0.15, 0.2) is 83.9 Å². The number of aromatic amines is 1. The van der Waals surface area contributed by atoms with Gasteiger partial charge in [-0.25, -0.2) is 13.1 Å². The fourth-order valence-electron chi connectivity index (χ4n) is 11.4. The van der Waals surface area contributed by atoms with E-state index in [4.69, 9.17) is 9.72 Å². The third-order valence-electron chi connectivity index (χ3n) is 15.1. The Labute approximate surface area is 399 Å². The number of fused-ring (bicyclic) bond motifs is 2. The van der Waals surface area contributed by atoms with Crippen LogP contribution in [0.25, 0.3) is 11.0 Å². The van der Waals surface area contributed by atoms with Crippen LogP contribution in [0.4, 0.5) is 28.4 Å². The minimum Gasteiger partial charge on any atom is -0.471 e. The SMILES string of the molecule is CCCC[C@H](CCO)CNc1ccc(S(=O)(=O)NC(=O)c2ccc(N3CCC4(CC3)CC(N3CCC[C@H]3c3ccccc3C(C)C)C4)cc2N2C[C@H](C)Oc3nc4[nH]ccc4cc32)cc1[N+](=O)[O-]. The largest absolute Gasteiger partial charge is 0.471 e. The minimum atomic E-state index is -4.59. The van der Waals surface area contributed by atoms with Crippen molar-refractivity contribution in [1.29, 1.82) is 0 Å². The van der Waals surface area contributed by atoms with Crippen molar-refractivity contribution in [3.63, 3.8) is 0 Å². The average molecular weight is 947 g/mol. The first-order valence-electron chi connectivity index (χ1n) is 24.6. The fraction of sp³-hybridized carbons (Fsp3) is 0.500. The fourth-order valence-corrected chi connectivity index (χ4v) is 12.4. The molecule has 5 aromatic rings. The third kappa shape index (κ3) is 9.64. The number of hydrogen-bond donors (Lipinski definition) is 4. The first kappa shape index (κ1) is 47.4. The van der Waals surface area contributed by atoms with Crippen molar-refractivity contribution in [3.05, 3.63) is 106 Å². The zero-order valence-corrected chi connectivity index (χ0v) is 40.6. The molecule has 0 bridgehead atoms. The van der Waals surface area contributed by atoms with Crippen LogP contribution in [-0.4, -0.2) is 90.7 Å². The number of nitrogens with zero attached hydrogens (tertiary/aromatic N) is 5. The molecule has 3 fully saturated rings. The molecule has 1 saturated carbocycles. The number of unbranched alkanes of at least 4 members (excludes halogenated alkanes) is 1. The van der Waals surface area contributed by atoms with Gasteiger partial charge >= 0.3 is 0 Å². The normalized spacial score (nSPS) is 20.0. The number of pyridine rings is 1. The highest BCUT2D eigenvalue weighted by atomic mass is 32.2. The summed E-state index contributed by atoms with van der Waals surface area (Å²) in [4.78, 5) is 40.7. The highest BCUT2D eigenvalue weighted by molar-refractivity contribution is 7.90. The maximum Gasteiger partial charge on any atom is 0.293 e. The highest BCUT2D eigenvalue weighted by Crippen LogP contribution is 2.54. The van der Waals surface area contributed by atoms with Crippen LogP contribution in [0, 0.1) is 21.4 Å². The van der Waals surface area contributed by atoms with Gasteiger partial charge in [-0.2, -0.15) is 4.98 Å². The number of rotatable bonds is 17. The molecule has 4 N–H and O–H groups in total. The van der Waals surface area contributed by atoms with E-state index in [1.54, 1.807) is 12.3 Å². The summed E-state index contributed by atoms with van der Waals surface area (Å²) in [5, 5.41) is 25.8. The number of amides is 1. The maximum absolute atomic E-state index is 14.4. The molecule has 4 aliphatic rings. The molecule has 362 valence electrons. The molecule has 0 unspecified atom stereocenters. The Morgan fingerprint density at radius 1 is 1.03 bits per heavy atom. The Kier molecular flexibility index (Phi) is 13.7. The summed E-state index contributed by atoms with van der Waals surface area (Å²) >= 11 is 0. The number of aliphatic hydroxyl groups excluding tert-OH is 1. The van der Waals surface area contributed by atoms with E-state index in [2.05, 4.69) is 69.9 Å². The van der Waals surface area contributed by atoms with Crippen molar-refractivity contribution in [3.8, 4) is 5.88 Å². The van der Waals surface area contributed by atoms with Gasteiger partial charge in [0, 0.05) is 61.7 Å². The van der Waals surface area contributed by atoms with Crippen LogP contribution in [-0.2, 0) is 10.0 Å². The van der Waals surface area contributed by atoms with Gasteiger partial charge in [0.15, 0.2) is 0 Å². The van der Waals surface area contributed by atoms with Crippen LogP contribution in [0.2, 0.25) is 0 Å². The van der Waals surface area contributed by atoms with Gasteiger partial charge < -0.3 is 29.9 Å². The molecule has 2 aromatic heterocycles. The Hall–Kier alpha value is -5.71. The van der Waals surface area contributed by atoms with Gasteiger partial charge in [0.25, 0.3) is 21.6 Å². The Balaban J connectivity index is 0.956. The summed E-state index contributed by atoms with van der Waals surface area (Å²) in [7, 11) is -4.59. The summed E-state index contributed by atoms with van der Waals surface area (Å²) in [6.45, 7) is 12.2. The van der Waals surface area contributed by atoms with E-state index >= 15 is 0 Å². The lowest BCUT2D eigenvalue weighted by molar-refractivity contribution is -0.384. The van der Waals surface area contributed by atoms with Gasteiger partial charge in [-0.15, -0.1) is 0 Å². The smallest absolute Gasteiger partial charge is 0.293 e. The molecule has 9 rings (SSSR count). The summed E-state index contributed by atoms with van der Waals surface area (Å²) in [6.07, 6.45) is 11.8. The summed E-state index contributed by atoms with van der Waals surface area (Å²) < 4.78 is 36.5. The lowest BCUT2D eigenvalue weighted by atomic mass is 9.59. The van der Waals surface area contributed by atoms with Crippen LogP contribution < -0.4 is 24.6 Å². The number of sulfonamides is 1. The first-order chi connectivity index (χ1) is 32.8. The predicted molar refractivity (Wildman–Crippen MR) is 267 cm³/mol. The van der Waals surface area contributed by atoms with Crippen molar-refractivity contribution in [2.24, 2.45) is 11.3 Å². The number of hydrogen-bond acceptors (Lipinski definition) is 12. The number of nitro groups is 1. The van der Waals surface area contributed by atoms with Crippen molar-refractivity contribution >= 4 is 55.4 Å². The average Bonchev–Trinajstić information content (AvgIpc) is 4.00. The second-order valence-electron chi connectivity index (χ2n) is 20.0. The van der Waals surface area contributed by atoms with E-state index in [1.165, 1.54) is 48.9 Å². The lowest BCUT2D eigenvalue weighted by Gasteiger charge is -2.56. The summed E-state index contributed by atoms with van der Waals surface area (Å²) in [5.41, 5.74) is 5.85. The van der Waals surface area contributed by atoms with Crippen molar-refractivity contribution < 1.29 is 28.0 Å². The monoisotopic (exact) mass is 946 g/mol. The number of anilines is 4. The van der Waals surface area contributed by atoms with Crippen LogP contribution in [0.1, 0.15) is 125 Å². The zero-order chi connectivity index (χ0) is 47.7. The van der Waals surface area contributed by atoms with E-state index in [0.29, 0.717) is 65.8 Å². The molecule has 1 aliphatic carbocycles. The second-order valence-corrected chi connectivity index (χ2v) is 21.7. The molecule has 5 heterocycles. The quantitative estimate of drug-likeness (QED) is 0.0512. The molecule has 16 heteroatoms. The molecule has 1 amide bonds. The molecule has 3 atom stereocenters. The first-order valence-corrected chi connectivity index (χ1v) is 26.1. The molecular weight excluding hydrogens is 881 g/mol. The van der Waals surface area contributed by atoms with Crippen molar-refractivity contribution in [2.75, 3.05) is 54.4 Å². The van der Waals surface area contributed by atoms with Crippen molar-refractivity contribution in [2.45, 2.75) is 121 Å². The molecule has 1 spiro atoms. The molecule has 68 heavy (non-hydrogen) atoms. The Morgan fingerprint density at radius 2 is 1.82 bits per heavy atom. The number of ether oxygens (including phenoxy) is 1. The lowest BCUT2D eigenvalue weighted by Crippen LogP contribution is -2.55. The van der Waals surface area contributed by atoms with E-state index in [-0.39, 0.29) is 29.9 Å². The number of benzene rings is 3. The third-order valence-corrected chi connectivity index (χ3v) is 16.4. The van der Waals surface area contributed by atoms with Gasteiger partial charge in [-0.05, 0) is 136 Å². The van der Waals surface area contributed by atoms with E-state index in [0.717, 1.165) is 68.9 Å². The molecule has 2 saturated heterocycles. The number of carbonyl (C=O) groups excluding carboxylic acids is 1. The molecule has 3 aromatic carbocycles. The van der Waals surface area contributed by atoms with Gasteiger partial charge in [0.1, 0.15) is 23.1 Å². The van der Waals surface area contributed by atoms with Gasteiger partial charge in [-0.1, -0.05) is 57.9 Å². The highest BCUT2D eigenvalue weighted by Gasteiger charge is 2.50. The van der Waals surface area contributed by atoms with Crippen molar-refractivity contribution in [1.82, 2.24) is 19.6 Å². The van der Waals surface area contributed by atoms with Gasteiger partial charge in [0.05, 0.1) is 27.6 Å². The van der Waals surface area contributed by atoms with Gasteiger partial charge in [0.2, 0.25) is 5.88 Å². The minimum absolute atomic E-state index is 0.00153. The number of piperidine rings is 1. The van der Waals surface area contributed by atoms with Gasteiger partial charge in [-0.3, -0.25) is 19.8 Å². The Bertz CT molecular complexity index is 2740. The second kappa shape index (κ2) is 19.7. The predicted octanol–water partition coefficient (Wildman–Crippen LogP) is 9.82. The van der Waals surface area contributed by atoms with E-state index < -0.39 is 31.4 Å². The molecule has 15 nitrogen and oxygen atoms in total. The summed E-state index contributed by atoms with van der Waals surface area (Å²) in [5.74, 6) is 0.100. The number of carbonyl (C=O) groups is 1. The van der Waals surface area contributed by atoms with E-state index in [1.807, 2.05) is 36.1 Å². The maximum atomic E-state index is 14.4. The standard InChI is InChI=1S/C52H66N8O7S/c1-5-6-10-36(19-26-61)32-54-44-17-15-40(29-47(44)60(63)64)68(65,66)56-50(62)43-16-14-38(28-46(43)59-33-35(4)67-51-48(59)27-37-18-22-53-49(37)55-51)57-24-20-52(21-25-57)30-39(31-52)58-23-9-13-45(58)42-12-8-7-11-41(42)34(2)3/h7-8,11-12,14-18,22,27-29,34-36,39,45,54,61H,5-6,9-10,13,19-21,23-26,30-33H2,1-4H3,(H,53,55)(H,56,62)/t35-,36+,45-/m0/s1. The number of aliphatic hydroxyl groups is 1. The van der Waals surface area contributed by atoms with Crippen LogP contribution >= 0.6 is 0 Å². The number of likely N-dealkylation sites (tertiary alicyclic amines) is 1. The van der Waals surface area contributed by atoms with E-state index in [9.17, 15) is 28.4 Å². The number of H-pyrrole nitrogens is 1. The number of aromatic nitrogens is 2. The molecule has 3 aliphatic heterocycles. The number of nitro benzene ring substituents is 1.